The van der Waals surface area contributed by atoms with E-state index >= 15 is 0 Å². The highest BCUT2D eigenvalue weighted by Crippen LogP contribution is 2.38. The molecule has 8 heteroatoms. The molecule has 0 fully saturated rings. The normalized spacial score (nSPS) is 12.6. The fourth-order valence-electron chi connectivity index (χ4n) is 4.66. The lowest BCUT2D eigenvalue weighted by Crippen LogP contribution is -2.42. The molecule has 0 saturated heterocycles. The van der Waals surface area contributed by atoms with E-state index in [4.69, 9.17) is 32.9 Å². The van der Waals surface area contributed by atoms with Crippen molar-refractivity contribution in [1.82, 2.24) is 4.98 Å². The molecule has 1 aromatic heterocycles. The van der Waals surface area contributed by atoms with Crippen LogP contribution in [0.2, 0.25) is 10.0 Å². The van der Waals surface area contributed by atoms with Crippen LogP contribution in [0.4, 0.5) is 5.69 Å². The van der Waals surface area contributed by atoms with Crippen LogP contribution in [0.1, 0.15) is 10.4 Å². The van der Waals surface area contributed by atoms with Crippen molar-refractivity contribution in [1.29, 1.82) is 0 Å². The van der Waals surface area contributed by atoms with Gasteiger partial charge >= 0.3 is 0 Å². The monoisotopic (exact) mass is 642 g/mol. The average molecular weight is 644 g/mol. The Bertz CT molecular complexity index is 1710. The zero-order chi connectivity index (χ0) is 28.5. The summed E-state index contributed by atoms with van der Waals surface area (Å²) in [7, 11) is 0. The predicted octanol–water partition coefficient (Wildman–Crippen LogP) is 8.76. The number of carbonyl (C=O) groups excluding carboxylic acids is 2. The molecule has 0 atom stereocenters. The summed E-state index contributed by atoms with van der Waals surface area (Å²) in [5.74, 6) is 0.0746. The van der Waals surface area contributed by atoms with E-state index in [-0.39, 0.29) is 24.8 Å². The number of pyridine rings is 1. The molecule has 0 unspecified atom stereocenters. The van der Waals surface area contributed by atoms with Crippen molar-refractivity contribution < 1.29 is 14.3 Å². The SMILES string of the molecule is O=C(CN1C(=O)COc2ccc(-c3cc(-c4ccc(Cl)cc4)cc(-c4ccc(Cl)cc4)n3)cc21)c1ccc(Br)cc1. The smallest absolute Gasteiger partial charge is 0.265 e. The van der Waals surface area contributed by atoms with Gasteiger partial charge in [0.15, 0.2) is 12.4 Å². The predicted molar refractivity (Wildman–Crippen MR) is 167 cm³/mol. The molecule has 2 heterocycles. The maximum Gasteiger partial charge on any atom is 0.265 e. The first-order chi connectivity index (χ1) is 19.8. The highest BCUT2D eigenvalue weighted by atomic mass is 79.9. The molecule has 0 saturated carbocycles. The molecule has 4 aromatic carbocycles. The van der Waals surface area contributed by atoms with Gasteiger partial charge in [-0.1, -0.05) is 75.5 Å². The molecule has 5 aromatic rings. The van der Waals surface area contributed by atoms with Crippen LogP contribution in [0, 0.1) is 0 Å². The van der Waals surface area contributed by atoms with Gasteiger partial charge in [-0.3, -0.25) is 14.5 Å². The number of hydrogen-bond donors (Lipinski definition) is 0. The van der Waals surface area contributed by atoms with Gasteiger partial charge in [-0.25, -0.2) is 4.98 Å². The molecular formula is C33H21BrCl2N2O3. The molecule has 5 nitrogen and oxygen atoms in total. The number of Topliss-reactive ketones (excluding diaryl/α,β-unsaturated/α-hetero) is 1. The molecule has 6 rings (SSSR count). The summed E-state index contributed by atoms with van der Waals surface area (Å²) in [6, 6.07) is 31.8. The van der Waals surface area contributed by atoms with Crippen molar-refractivity contribution in [3.05, 3.63) is 123 Å². The van der Waals surface area contributed by atoms with E-state index in [9.17, 15) is 9.59 Å². The van der Waals surface area contributed by atoms with E-state index in [1.165, 1.54) is 4.90 Å². The highest BCUT2D eigenvalue weighted by molar-refractivity contribution is 9.10. The van der Waals surface area contributed by atoms with Gasteiger partial charge in [0.05, 0.1) is 23.6 Å². The summed E-state index contributed by atoms with van der Waals surface area (Å²) >= 11 is 15.7. The molecule has 0 spiro atoms. The fourth-order valence-corrected chi connectivity index (χ4v) is 5.18. The highest BCUT2D eigenvalue weighted by Gasteiger charge is 2.28. The van der Waals surface area contributed by atoms with Crippen molar-refractivity contribution >= 4 is 56.5 Å². The Kier molecular flexibility index (Phi) is 7.63. The molecule has 1 aliphatic rings. The van der Waals surface area contributed by atoms with Crippen LogP contribution in [0.25, 0.3) is 33.6 Å². The average Bonchev–Trinajstić information content (AvgIpc) is 2.99. The van der Waals surface area contributed by atoms with Gasteiger partial charge in [-0.2, -0.15) is 0 Å². The molecule has 0 N–H and O–H groups in total. The van der Waals surface area contributed by atoms with Crippen molar-refractivity contribution in [2.75, 3.05) is 18.1 Å². The number of aromatic nitrogens is 1. The van der Waals surface area contributed by atoms with Crippen LogP contribution in [0.15, 0.2) is 108 Å². The second-order valence-corrected chi connectivity index (χ2v) is 11.3. The topological polar surface area (TPSA) is 59.5 Å². The summed E-state index contributed by atoms with van der Waals surface area (Å²) in [6.07, 6.45) is 0. The largest absolute Gasteiger partial charge is 0.482 e. The number of fused-ring (bicyclic) bond motifs is 1. The Hall–Kier alpha value is -3.97. The van der Waals surface area contributed by atoms with E-state index in [0.29, 0.717) is 32.7 Å². The van der Waals surface area contributed by atoms with Crippen LogP contribution in [-0.4, -0.2) is 29.8 Å². The van der Waals surface area contributed by atoms with Crippen LogP contribution < -0.4 is 9.64 Å². The summed E-state index contributed by atoms with van der Waals surface area (Å²) in [4.78, 5) is 32.5. The first kappa shape index (κ1) is 27.2. The Morgan fingerprint density at radius 1 is 0.756 bits per heavy atom. The zero-order valence-electron chi connectivity index (χ0n) is 21.5. The number of carbonyl (C=O) groups is 2. The van der Waals surface area contributed by atoms with E-state index < -0.39 is 0 Å². The number of amides is 1. The van der Waals surface area contributed by atoms with Gasteiger partial charge in [-0.15, -0.1) is 0 Å². The maximum atomic E-state index is 13.1. The number of ketones is 1. The van der Waals surface area contributed by atoms with Crippen molar-refractivity contribution in [3.63, 3.8) is 0 Å². The summed E-state index contributed by atoms with van der Waals surface area (Å²) < 4.78 is 6.59. The first-order valence-corrected chi connectivity index (χ1v) is 14.3. The minimum atomic E-state index is -0.287. The van der Waals surface area contributed by atoms with E-state index in [2.05, 4.69) is 15.9 Å². The number of halogens is 3. The number of rotatable bonds is 6. The van der Waals surface area contributed by atoms with Crippen molar-refractivity contribution in [3.8, 4) is 39.4 Å². The van der Waals surface area contributed by atoms with Crippen LogP contribution in [0.5, 0.6) is 5.75 Å². The fraction of sp³-hybridized carbons (Fsp3) is 0.0606. The molecule has 41 heavy (non-hydrogen) atoms. The second kappa shape index (κ2) is 11.5. The lowest BCUT2D eigenvalue weighted by Gasteiger charge is -2.29. The number of anilines is 1. The minimum Gasteiger partial charge on any atom is -0.482 e. The second-order valence-electron chi connectivity index (χ2n) is 9.52. The maximum absolute atomic E-state index is 13.1. The number of ether oxygens (including phenoxy) is 1. The summed E-state index contributed by atoms with van der Waals surface area (Å²) in [5.41, 5.74) is 6.11. The molecule has 1 amide bonds. The number of hydrogen-bond acceptors (Lipinski definition) is 4. The lowest BCUT2D eigenvalue weighted by atomic mass is 9.99. The van der Waals surface area contributed by atoms with Gasteiger partial charge in [-0.05, 0) is 77.9 Å². The first-order valence-electron chi connectivity index (χ1n) is 12.7. The van der Waals surface area contributed by atoms with Crippen molar-refractivity contribution in [2.45, 2.75) is 0 Å². The van der Waals surface area contributed by atoms with E-state index in [1.807, 2.05) is 78.9 Å². The Balaban J connectivity index is 1.42. The molecule has 0 radical (unpaired) electrons. The van der Waals surface area contributed by atoms with E-state index in [0.717, 1.165) is 32.4 Å². The van der Waals surface area contributed by atoms with Crippen LogP contribution in [0.3, 0.4) is 0 Å². The number of nitrogens with zero attached hydrogens (tertiary/aromatic N) is 2. The molecular weight excluding hydrogens is 623 g/mol. The third-order valence-corrected chi connectivity index (χ3v) is 7.84. The van der Waals surface area contributed by atoms with Crippen molar-refractivity contribution in [2.24, 2.45) is 0 Å². The zero-order valence-corrected chi connectivity index (χ0v) is 24.6. The van der Waals surface area contributed by atoms with Gasteiger partial charge in [0, 0.05) is 31.2 Å². The van der Waals surface area contributed by atoms with Crippen LogP contribution in [-0.2, 0) is 4.79 Å². The van der Waals surface area contributed by atoms with E-state index in [1.54, 1.807) is 24.3 Å². The minimum absolute atomic E-state index is 0.103. The molecule has 1 aliphatic heterocycles. The summed E-state index contributed by atoms with van der Waals surface area (Å²) in [6.45, 7) is -0.237. The Morgan fingerprint density at radius 2 is 1.34 bits per heavy atom. The third-order valence-electron chi connectivity index (χ3n) is 6.81. The molecule has 0 aliphatic carbocycles. The number of benzene rings is 4. The Labute approximate surface area is 255 Å². The van der Waals surface area contributed by atoms with Gasteiger partial charge in [0.1, 0.15) is 5.75 Å². The summed E-state index contributed by atoms with van der Waals surface area (Å²) in [5, 5.41) is 1.29. The van der Waals surface area contributed by atoms with Gasteiger partial charge in [0.25, 0.3) is 5.91 Å². The van der Waals surface area contributed by atoms with Gasteiger partial charge in [0.2, 0.25) is 0 Å². The third kappa shape index (κ3) is 5.91. The van der Waals surface area contributed by atoms with Gasteiger partial charge < -0.3 is 4.74 Å². The Morgan fingerprint density at radius 3 is 2.00 bits per heavy atom. The standard InChI is InChI=1S/C33H21BrCl2N2O3/c34-25-8-1-22(2-9-25)31(39)18-38-30-17-23(7-14-32(30)41-19-33(38)40)29-16-24(20-3-10-26(35)11-4-20)15-28(37-29)21-5-12-27(36)13-6-21/h1-17H,18-19H2. The quantitative estimate of drug-likeness (QED) is 0.174. The molecule has 202 valence electrons. The lowest BCUT2D eigenvalue weighted by molar-refractivity contribution is -0.121. The van der Waals surface area contributed by atoms with Crippen LogP contribution >= 0.6 is 39.1 Å². The molecule has 0 bridgehead atoms.